The fourth-order valence-electron chi connectivity index (χ4n) is 2.61. The molecule has 1 N–H and O–H groups in total. The Kier molecular flexibility index (Phi) is 7.97. The zero-order valence-electron chi connectivity index (χ0n) is 16.2. The van der Waals surface area contributed by atoms with Crippen LogP contribution in [-0.2, 0) is 11.3 Å². The molecule has 0 aliphatic rings. The average Bonchev–Trinajstić information content (AvgIpc) is 2.71. The van der Waals surface area contributed by atoms with E-state index in [0.29, 0.717) is 11.6 Å². The molecular weight excluding hydrogens is 398 g/mol. The van der Waals surface area contributed by atoms with E-state index in [0.717, 1.165) is 5.56 Å². The van der Waals surface area contributed by atoms with E-state index in [1.54, 1.807) is 38.1 Å². The molecule has 0 saturated carbocycles. The number of nitro groups is 1. The second-order valence-electron chi connectivity index (χ2n) is 6.10. The summed E-state index contributed by atoms with van der Waals surface area (Å²) in [5.41, 5.74) is 0.702. The third-order valence-corrected chi connectivity index (χ3v) is 4.36. The first-order valence-corrected chi connectivity index (χ1v) is 9.45. The number of rotatable bonds is 9. The van der Waals surface area contributed by atoms with Crippen LogP contribution in [0.5, 0.6) is 5.75 Å². The lowest BCUT2D eigenvalue weighted by atomic mass is 10.1. The molecule has 8 nitrogen and oxygen atoms in total. The van der Waals surface area contributed by atoms with E-state index in [9.17, 15) is 19.7 Å². The van der Waals surface area contributed by atoms with Crippen molar-refractivity contribution < 1.29 is 19.2 Å². The highest BCUT2D eigenvalue weighted by molar-refractivity contribution is 6.30. The molecule has 0 aliphatic carbocycles. The van der Waals surface area contributed by atoms with Crippen molar-refractivity contribution in [3.63, 3.8) is 0 Å². The van der Waals surface area contributed by atoms with Crippen LogP contribution in [0.1, 0.15) is 29.8 Å². The Labute approximate surface area is 173 Å². The number of hydrogen-bond acceptors (Lipinski definition) is 5. The van der Waals surface area contributed by atoms with Gasteiger partial charge in [0.1, 0.15) is 0 Å². The van der Waals surface area contributed by atoms with E-state index < -0.39 is 10.8 Å². The van der Waals surface area contributed by atoms with Gasteiger partial charge in [0.25, 0.3) is 5.91 Å². The van der Waals surface area contributed by atoms with Gasteiger partial charge in [0.2, 0.25) is 5.91 Å². The van der Waals surface area contributed by atoms with Crippen LogP contribution in [0.15, 0.2) is 42.5 Å². The maximum Gasteiger partial charge on any atom is 0.311 e. The molecule has 0 saturated heterocycles. The number of carbonyl (C=O) groups excluding carboxylic acids is 2. The van der Waals surface area contributed by atoms with E-state index in [2.05, 4.69) is 5.32 Å². The summed E-state index contributed by atoms with van der Waals surface area (Å²) in [6.45, 7) is 4.12. The summed E-state index contributed by atoms with van der Waals surface area (Å²) in [5.74, 6) is -0.714. The molecule has 29 heavy (non-hydrogen) atoms. The highest BCUT2D eigenvalue weighted by Crippen LogP contribution is 2.28. The molecule has 2 rings (SSSR count). The Morgan fingerprint density at radius 1 is 1.17 bits per heavy atom. The van der Waals surface area contributed by atoms with E-state index in [1.807, 2.05) is 0 Å². The predicted molar refractivity (Wildman–Crippen MR) is 109 cm³/mol. The number of benzene rings is 2. The van der Waals surface area contributed by atoms with Crippen LogP contribution in [0.2, 0.25) is 5.02 Å². The Balaban J connectivity index is 2.05. The zero-order chi connectivity index (χ0) is 21.4. The van der Waals surface area contributed by atoms with Gasteiger partial charge < -0.3 is 15.0 Å². The van der Waals surface area contributed by atoms with E-state index in [-0.39, 0.29) is 42.6 Å². The number of nitrogens with one attached hydrogen (secondary N) is 1. The van der Waals surface area contributed by atoms with Crippen molar-refractivity contribution in [2.75, 3.05) is 19.7 Å². The van der Waals surface area contributed by atoms with Crippen molar-refractivity contribution in [2.45, 2.75) is 20.4 Å². The number of nitro benzene ring substituents is 1. The molecule has 154 valence electrons. The van der Waals surface area contributed by atoms with Crippen LogP contribution < -0.4 is 10.1 Å². The third-order valence-electron chi connectivity index (χ3n) is 4.11. The number of amides is 2. The van der Waals surface area contributed by atoms with Crippen molar-refractivity contribution in [3.05, 3.63) is 68.7 Å². The van der Waals surface area contributed by atoms with Gasteiger partial charge in [-0.2, -0.15) is 0 Å². The zero-order valence-corrected chi connectivity index (χ0v) is 16.9. The Bertz CT molecular complexity index is 886. The molecule has 0 bridgehead atoms. The summed E-state index contributed by atoms with van der Waals surface area (Å²) in [6.07, 6.45) is 0. The van der Waals surface area contributed by atoms with Gasteiger partial charge in [-0.1, -0.05) is 23.7 Å². The van der Waals surface area contributed by atoms with Gasteiger partial charge in [-0.25, -0.2) is 0 Å². The molecule has 0 atom stereocenters. The Morgan fingerprint density at radius 3 is 2.45 bits per heavy atom. The summed E-state index contributed by atoms with van der Waals surface area (Å²) in [5, 5.41) is 14.6. The second kappa shape index (κ2) is 10.4. The highest BCUT2D eigenvalue weighted by Gasteiger charge is 2.22. The van der Waals surface area contributed by atoms with Crippen molar-refractivity contribution in [1.82, 2.24) is 10.2 Å². The van der Waals surface area contributed by atoms with E-state index in [4.69, 9.17) is 16.3 Å². The molecule has 0 spiro atoms. The molecule has 0 radical (unpaired) electrons. The van der Waals surface area contributed by atoms with Gasteiger partial charge in [0, 0.05) is 29.7 Å². The molecule has 9 heteroatoms. The minimum Gasteiger partial charge on any atom is -0.487 e. The number of nitrogens with zero attached hydrogens (tertiary/aromatic N) is 2. The molecule has 0 fully saturated rings. The lowest BCUT2D eigenvalue weighted by molar-refractivity contribution is -0.385. The number of ether oxygens (including phenoxy) is 1. The average molecular weight is 420 g/mol. The summed E-state index contributed by atoms with van der Waals surface area (Å²) in [7, 11) is 0. The van der Waals surface area contributed by atoms with Crippen LogP contribution >= 0.6 is 11.6 Å². The first-order valence-electron chi connectivity index (χ1n) is 9.07. The summed E-state index contributed by atoms with van der Waals surface area (Å²) >= 11 is 5.83. The molecule has 2 amide bonds. The standard InChI is InChI=1S/C20H22ClN3O5/c1-3-23(13-19(25)22-12-14-5-8-16(21)9-6-14)20(26)15-7-10-18(29-4-2)17(11-15)24(27)28/h5-11H,3-4,12-13H2,1-2H3,(H,22,25). The SMILES string of the molecule is CCOc1ccc(C(=O)N(CC)CC(=O)NCc2ccc(Cl)cc2)cc1[N+](=O)[O-]. The van der Waals surface area contributed by atoms with Crippen LogP contribution in [0.3, 0.4) is 0 Å². The fraction of sp³-hybridized carbons (Fsp3) is 0.300. The summed E-state index contributed by atoms with van der Waals surface area (Å²) in [6, 6.07) is 11.1. The van der Waals surface area contributed by atoms with Crippen LogP contribution in [0, 0.1) is 10.1 Å². The van der Waals surface area contributed by atoms with Crippen LogP contribution in [0.25, 0.3) is 0 Å². The van der Waals surface area contributed by atoms with E-state index in [1.165, 1.54) is 23.1 Å². The van der Waals surface area contributed by atoms with Gasteiger partial charge in [-0.3, -0.25) is 19.7 Å². The fourth-order valence-corrected chi connectivity index (χ4v) is 2.74. The molecule has 0 heterocycles. The molecule has 2 aromatic carbocycles. The summed E-state index contributed by atoms with van der Waals surface area (Å²) in [4.78, 5) is 37.0. The van der Waals surface area contributed by atoms with Crippen molar-refractivity contribution in [3.8, 4) is 5.75 Å². The molecule has 0 unspecified atom stereocenters. The first-order chi connectivity index (χ1) is 13.8. The second-order valence-corrected chi connectivity index (χ2v) is 6.53. The lowest BCUT2D eigenvalue weighted by Crippen LogP contribution is -2.40. The third kappa shape index (κ3) is 6.18. The quantitative estimate of drug-likeness (QED) is 0.495. The first kappa shape index (κ1) is 22.2. The lowest BCUT2D eigenvalue weighted by Gasteiger charge is -2.20. The Morgan fingerprint density at radius 2 is 1.86 bits per heavy atom. The molecular formula is C20H22ClN3O5. The van der Waals surface area contributed by atoms with Gasteiger partial charge in [-0.15, -0.1) is 0 Å². The molecule has 0 aromatic heterocycles. The largest absolute Gasteiger partial charge is 0.487 e. The van der Waals surface area contributed by atoms with Crippen molar-refractivity contribution in [2.24, 2.45) is 0 Å². The van der Waals surface area contributed by atoms with Crippen LogP contribution in [0.4, 0.5) is 5.69 Å². The smallest absolute Gasteiger partial charge is 0.311 e. The highest BCUT2D eigenvalue weighted by atomic mass is 35.5. The van der Waals surface area contributed by atoms with Gasteiger partial charge in [0.05, 0.1) is 18.1 Å². The molecule has 0 aliphatic heterocycles. The maximum absolute atomic E-state index is 12.7. The normalized spacial score (nSPS) is 10.3. The van der Waals surface area contributed by atoms with Crippen molar-refractivity contribution >= 4 is 29.1 Å². The summed E-state index contributed by atoms with van der Waals surface area (Å²) < 4.78 is 5.23. The number of hydrogen-bond donors (Lipinski definition) is 1. The molecule has 2 aromatic rings. The monoisotopic (exact) mass is 419 g/mol. The minimum atomic E-state index is -0.600. The van der Waals surface area contributed by atoms with Crippen LogP contribution in [-0.4, -0.2) is 41.3 Å². The maximum atomic E-state index is 12.7. The van der Waals surface area contributed by atoms with Gasteiger partial charge in [0.15, 0.2) is 5.75 Å². The van der Waals surface area contributed by atoms with Crippen molar-refractivity contribution in [1.29, 1.82) is 0 Å². The number of likely N-dealkylation sites (N-methyl/N-ethyl adjacent to an activating group) is 1. The number of halogens is 1. The van der Waals surface area contributed by atoms with E-state index >= 15 is 0 Å². The number of carbonyl (C=O) groups is 2. The minimum absolute atomic E-state index is 0.0952. The topological polar surface area (TPSA) is 102 Å². The Hall–Kier alpha value is -3.13. The predicted octanol–water partition coefficient (Wildman–Crippen LogP) is 3.43. The van der Waals surface area contributed by atoms with Gasteiger partial charge >= 0.3 is 5.69 Å². The van der Waals surface area contributed by atoms with Gasteiger partial charge in [-0.05, 0) is 43.7 Å².